The largest absolute Gasteiger partial charge is 0.395 e. The van der Waals surface area contributed by atoms with Gasteiger partial charge in [-0.05, 0) is 40.2 Å². The number of carbonyl (C=O) groups is 2. The summed E-state index contributed by atoms with van der Waals surface area (Å²) in [7, 11) is 0. The van der Waals surface area contributed by atoms with E-state index in [2.05, 4.69) is 5.32 Å². The molecule has 1 saturated heterocycles. The second-order valence-electron chi connectivity index (χ2n) is 5.58. The summed E-state index contributed by atoms with van der Waals surface area (Å²) in [6.07, 6.45) is 1.95. The van der Waals surface area contributed by atoms with Gasteiger partial charge in [-0.3, -0.25) is 14.5 Å². The average Bonchev–Trinajstić information content (AvgIpc) is 2.82. The Morgan fingerprint density at radius 3 is 2.70 bits per heavy atom. The first-order valence-electron chi connectivity index (χ1n) is 7.40. The van der Waals surface area contributed by atoms with Crippen molar-refractivity contribution < 1.29 is 14.7 Å². The number of amides is 2. The van der Waals surface area contributed by atoms with Crippen molar-refractivity contribution in [2.75, 3.05) is 32.8 Å². The van der Waals surface area contributed by atoms with Crippen LogP contribution in [0.2, 0.25) is 0 Å². The van der Waals surface area contributed by atoms with Crippen molar-refractivity contribution in [3.05, 3.63) is 0 Å². The average molecular weight is 285 g/mol. The smallest absolute Gasteiger partial charge is 0.239 e. The number of likely N-dealkylation sites (tertiary alicyclic amines) is 1. The van der Waals surface area contributed by atoms with Gasteiger partial charge in [-0.25, -0.2) is 0 Å². The minimum atomic E-state index is -0.129. The van der Waals surface area contributed by atoms with Gasteiger partial charge < -0.3 is 15.3 Å². The minimum absolute atomic E-state index is 0.0493. The summed E-state index contributed by atoms with van der Waals surface area (Å²) in [6, 6.07) is 0.163. The van der Waals surface area contributed by atoms with Crippen LogP contribution in [0.25, 0.3) is 0 Å². The fourth-order valence-electron chi connectivity index (χ4n) is 2.50. The van der Waals surface area contributed by atoms with E-state index in [4.69, 9.17) is 0 Å². The Balaban J connectivity index is 2.48. The molecule has 1 atom stereocenters. The zero-order valence-electron chi connectivity index (χ0n) is 12.8. The van der Waals surface area contributed by atoms with Crippen LogP contribution in [0.5, 0.6) is 0 Å². The van der Waals surface area contributed by atoms with E-state index in [0.29, 0.717) is 6.54 Å². The van der Waals surface area contributed by atoms with Crippen LogP contribution in [-0.4, -0.2) is 71.6 Å². The molecule has 1 rings (SSSR count). The van der Waals surface area contributed by atoms with Crippen molar-refractivity contribution in [2.45, 2.75) is 45.7 Å². The van der Waals surface area contributed by atoms with Crippen molar-refractivity contribution in [1.29, 1.82) is 0 Å². The molecular formula is C14H27N3O3. The Morgan fingerprint density at radius 1 is 1.45 bits per heavy atom. The summed E-state index contributed by atoms with van der Waals surface area (Å²) >= 11 is 0. The SMILES string of the molecule is CCN(CC(=O)NC(C)C)C(=O)CN1CCCC1CO. The number of nitrogens with zero attached hydrogens (tertiary/aromatic N) is 2. The molecule has 2 N–H and O–H groups in total. The van der Waals surface area contributed by atoms with Gasteiger partial charge in [0.2, 0.25) is 11.8 Å². The highest BCUT2D eigenvalue weighted by Crippen LogP contribution is 2.16. The molecule has 0 aliphatic carbocycles. The van der Waals surface area contributed by atoms with E-state index in [9.17, 15) is 14.7 Å². The first kappa shape index (κ1) is 16.9. The summed E-state index contributed by atoms with van der Waals surface area (Å²) in [5.41, 5.74) is 0. The number of carbonyl (C=O) groups excluding carboxylic acids is 2. The first-order valence-corrected chi connectivity index (χ1v) is 7.40. The molecule has 116 valence electrons. The molecular weight excluding hydrogens is 258 g/mol. The molecule has 1 aliphatic heterocycles. The lowest BCUT2D eigenvalue weighted by Gasteiger charge is -2.27. The summed E-state index contributed by atoms with van der Waals surface area (Å²) < 4.78 is 0. The predicted molar refractivity (Wildman–Crippen MR) is 77.2 cm³/mol. The summed E-state index contributed by atoms with van der Waals surface area (Å²) in [5, 5.41) is 12.0. The molecule has 6 nitrogen and oxygen atoms in total. The second kappa shape index (κ2) is 8.21. The first-order chi connectivity index (χ1) is 9.47. The maximum atomic E-state index is 12.2. The Hall–Kier alpha value is -1.14. The van der Waals surface area contributed by atoms with Crippen LogP contribution in [0.1, 0.15) is 33.6 Å². The lowest BCUT2D eigenvalue weighted by molar-refractivity contribution is -0.137. The molecule has 2 amide bonds. The van der Waals surface area contributed by atoms with Crippen LogP contribution in [0.4, 0.5) is 0 Å². The highest BCUT2D eigenvalue weighted by Gasteiger charge is 2.27. The normalized spacial score (nSPS) is 19.4. The third-order valence-electron chi connectivity index (χ3n) is 3.57. The van der Waals surface area contributed by atoms with Gasteiger partial charge >= 0.3 is 0 Å². The number of aliphatic hydroxyl groups excluding tert-OH is 1. The molecule has 0 bridgehead atoms. The summed E-state index contributed by atoms with van der Waals surface area (Å²) in [4.78, 5) is 27.5. The Labute approximate surface area is 121 Å². The zero-order valence-corrected chi connectivity index (χ0v) is 12.8. The zero-order chi connectivity index (χ0) is 15.1. The molecule has 0 aromatic heterocycles. The van der Waals surface area contributed by atoms with Crippen molar-refractivity contribution >= 4 is 11.8 Å². The van der Waals surface area contributed by atoms with Crippen LogP contribution in [-0.2, 0) is 9.59 Å². The van der Waals surface area contributed by atoms with Crippen LogP contribution in [0.15, 0.2) is 0 Å². The van der Waals surface area contributed by atoms with E-state index in [-0.39, 0.29) is 43.6 Å². The van der Waals surface area contributed by atoms with E-state index >= 15 is 0 Å². The molecule has 20 heavy (non-hydrogen) atoms. The molecule has 1 unspecified atom stereocenters. The highest BCUT2D eigenvalue weighted by molar-refractivity contribution is 5.85. The predicted octanol–water partition coefficient (Wildman–Crippen LogP) is -0.184. The lowest BCUT2D eigenvalue weighted by atomic mass is 10.2. The Bertz CT molecular complexity index is 334. The number of likely N-dealkylation sites (N-methyl/N-ethyl adjacent to an activating group) is 1. The van der Waals surface area contributed by atoms with E-state index in [1.165, 1.54) is 0 Å². The number of rotatable bonds is 7. The summed E-state index contributed by atoms with van der Waals surface area (Å²) in [5.74, 6) is -0.179. The highest BCUT2D eigenvalue weighted by atomic mass is 16.3. The molecule has 0 saturated carbocycles. The monoisotopic (exact) mass is 285 g/mol. The van der Waals surface area contributed by atoms with Crippen molar-refractivity contribution in [2.24, 2.45) is 0 Å². The van der Waals surface area contributed by atoms with Gasteiger partial charge in [0, 0.05) is 18.6 Å². The van der Waals surface area contributed by atoms with E-state index in [1.54, 1.807) is 4.90 Å². The van der Waals surface area contributed by atoms with E-state index in [1.807, 2.05) is 25.7 Å². The van der Waals surface area contributed by atoms with Crippen molar-refractivity contribution in [1.82, 2.24) is 15.1 Å². The van der Waals surface area contributed by atoms with Gasteiger partial charge in [0.05, 0.1) is 19.7 Å². The van der Waals surface area contributed by atoms with E-state index in [0.717, 1.165) is 19.4 Å². The number of nitrogens with one attached hydrogen (secondary N) is 1. The second-order valence-corrected chi connectivity index (χ2v) is 5.58. The van der Waals surface area contributed by atoms with Gasteiger partial charge in [-0.2, -0.15) is 0 Å². The third kappa shape index (κ3) is 5.09. The number of aliphatic hydroxyl groups is 1. The van der Waals surface area contributed by atoms with Gasteiger partial charge in [0.25, 0.3) is 0 Å². The van der Waals surface area contributed by atoms with Crippen molar-refractivity contribution in [3.63, 3.8) is 0 Å². The molecule has 0 aromatic rings. The van der Waals surface area contributed by atoms with Gasteiger partial charge in [0.15, 0.2) is 0 Å². The van der Waals surface area contributed by atoms with Gasteiger partial charge in [-0.1, -0.05) is 0 Å². The Kier molecular flexibility index (Phi) is 6.95. The molecule has 1 aliphatic rings. The third-order valence-corrected chi connectivity index (χ3v) is 3.57. The molecule has 0 aromatic carbocycles. The van der Waals surface area contributed by atoms with Crippen LogP contribution in [0, 0.1) is 0 Å². The topological polar surface area (TPSA) is 72.9 Å². The maximum absolute atomic E-state index is 12.2. The van der Waals surface area contributed by atoms with Crippen LogP contribution in [0.3, 0.4) is 0 Å². The van der Waals surface area contributed by atoms with Crippen molar-refractivity contribution in [3.8, 4) is 0 Å². The molecule has 6 heteroatoms. The number of hydrogen-bond acceptors (Lipinski definition) is 4. The van der Waals surface area contributed by atoms with Gasteiger partial charge in [0.1, 0.15) is 0 Å². The standard InChI is InChI=1S/C14H27N3O3/c1-4-16(8-13(19)15-11(2)3)14(20)9-17-7-5-6-12(17)10-18/h11-12,18H,4-10H2,1-3H3,(H,15,19). The molecule has 0 spiro atoms. The molecule has 0 radical (unpaired) electrons. The van der Waals surface area contributed by atoms with Gasteiger partial charge in [-0.15, -0.1) is 0 Å². The number of hydrogen-bond donors (Lipinski definition) is 2. The van der Waals surface area contributed by atoms with Crippen LogP contribution < -0.4 is 5.32 Å². The van der Waals surface area contributed by atoms with Crippen LogP contribution >= 0.6 is 0 Å². The van der Waals surface area contributed by atoms with E-state index < -0.39 is 0 Å². The minimum Gasteiger partial charge on any atom is -0.395 e. The lowest BCUT2D eigenvalue weighted by Crippen LogP contribution is -2.47. The quantitative estimate of drug-likeness (QED) is 0.680. The molecule has 1 fully saturated rings. The fraction of sp³-hybridized carbons (Fsp3) is 0.857. The maximum Gasteiger partial charge on any atom is 0.239 e. The molecule has 1 heterocycles. The fourth-order valence-corrected chi connectivity index (χ4v) is 2.50. The Morgan fingerprint density at radius 2 is 2.15 bits per heavy atom. The summed E-state index contributed by atoms with van der Waals surface area (Å²) in [6.45, 7) is 7.49.